The van der Waals surface area contributed by atoms with Crippen LogP contribution in [0.15, 0.2) is 12.1 Å². The van der Waals surface area contributed by atoms with Gasteiger partial charge in [-0.05, 0) is 30.2 Å². The molecular weight excluding hydrogens is 212 g/mol. The molecule has 0 saturated carbocycles. The zero-order chi connectivity index (χ0) is 12.3. The summed E-state index contributed by atoms with van der Waals surface area (Å²) in [7, 11) is 0. The molecule has 0 spiro atoms. The monoisotopic (exact) mass is 224 g/mol. The average Bonchev–Trinajstić information content (AvgIpc) is 2.26. The summed E-state index contributed by atoms with van der Waals surface area (Å²) in [6, 6.07) is 2.52. The van der Waals surface area contributed by atoms with E-state index in [1.54, 1.807) is 0 Å². The molecule has 5 heteroatoms. The number of aliphatic hydroxyl groups excluding tert-OH is 2. The normalized spacial score (nSPS) is 10.2. The fraction of sp³-hybridized carbons (Fsp3) is 0.273. The Kier molecular flexibility index (Phi) is 3.76. The Morgan fingerprint density at radius 1 is 1.06 bits per heavy atom. The first-order valence-corrected chi connectivity index (χ1v) is 4.63. The molecule has 0 saturated heterocycles. The van der Waals surface area contributed by atoms with Gasteiger partial charge in [0.05, 0.1) is 18.8 Å². The number of Topliss-reactive ketones (excluding diaryl/α,β-unsaturated/α-hetero) is 1. The Bertz CT molecular complexity index is 399. The molecule has 0 bridgehead atoms. The Hall–Kier alpha value is -1.72. The number of benzene rings is 1. The number of carbonyl (C=O) groups excluding carboxylic acids is 1. The maximum absolute atomic E-state index is 11.2. The molecule has 1 aromatic rings. The number of aliphatic hydroxyl groups is 2. The molecular formula is C11H12O5. The van der Waals surface area contributed by atoms with Crippen molar-refractivity contribution in [2.75, 3.05) is 0 Å². The second-order valence-corrected chi connectivity index (χ2v) is 3.34. The summed E-state index contributed by atoms with van der Waals surface area (Å²) in [5.41, 5.74) is 0.546. The number of carbonyl (C=O) groups is 2. The van der Waals surface area contributed by atoms with Gasteiger partial charge in [0.25, 0.3) is 0 Å². The molecule has 0 atom stereocenters. The molecule has 0 aliphatic heterocycles. The number of carboxylic acids is 1. The van der Waals surface area contributed by atoms with Crippen molar-refractivity contribution >= 4 is 11.8 Å². The minimum Gasteiger partial charge on any atom is -0.478 e. The Balaban J connectivity index is 3.46. The van der Waals surface area contributed by atoms with E-state index in [1.165, 1.54) is 19.1 Å². The molecule has 0 unspecified atom stereocenters. The smallest absolute Gasteiger partial charge is 0.336 e. The van der Waals surface area contributed by atoms with Crippen LogP contribution in [-0.4, -0.2) is 27.1 Å². The first kappa shape index (κ1) is 12.4. The third-order valence-corrected chi connectivity index (χ3v) is 2.28. The lowest BCUT2D eigenvalue weighted by molar-refractivity contribution is 0.0693. The van der Waals surface area contributed by atoms with Crippen molar-refractivity contribution < 1.29 is 24.9 Å². The van der Waals surface area contributed by atoms with Gasteiger partial charge in [0, 0.05) is 5.56 Å². The third-order valence-electron chi connectivity index (χ3n) is 2.28. The van der Waals surface area contributed by atoms with Gasteiger partial charge in [0.15, 0.2) is 5.78 Å². The Labute approximate surface area is 92.0 Å². The van der Waals surface area contributed by atoms with E-state index in [9.17, 15) is 9.59 Å². The molecule has 1 rings (SSSR count). The van der Waals surface area contributed by atoms with Gasteiger partial charge in [-0.2, -0.15) is 0 Å². The Morgan fingerprint density at radius 2 is 1.56 bits per heavy atom. The van der Waals surface area contributed by atoms with E-state index in [2.05, 4.69) is 0 Å². The quantitative estimate of drug-likeness (QED) is 0.650. The molecule has 0 aliphatic rings. The van der Waals surface area contributed by atoms with Gasteiger partial charge in [-0.3, -0.25) is 4.79 Å². The highest BCUT2D eigenvalue weighted by molar-refractivity contribution is 5.99. The summed E-state index contributed by atoms with van der Waals surface area (Å²) in [4.78, 5) is 22.1. The van der Waals surface area contributed by atoms with Crippen LogP contribution in [0.3, 0.4) is 0 Å². The van der Waals surface area contributed by atoms with Crippen molar-refractivity contribution in [2.45, 2.75) is 20.1 Å². The van der Waals surface area contributed by atoms with Crippen LogP contribution in [-0.2, 0) is 13.2 Å². The van der Waals surface area contributed by atoms with Crippen LogP contribution >= 0.6 is 0 Å². The maximum atomic E-state index is 11.2. The molecule has 86 valence electrons. The summed E-state index contributed by atoms with van der Waals surface area (Å²) >= 11 is 0. The minimum absolute atomic E-state index is 0.120. The molecule has 0 heterocycles. The number of aromatic carboxylic acids is 1. The summed E-state index contributed by atoms with van der Waals surface area (Å²) in [6.07, 6.45) is 0. The highest BCUT2D eigenvalue weighted by Gasteiger charge is 2.16. The van der Waals surface area contributed by atoms with Crippen LogP contribution in [0.2, 0.25) is 0 Å². The van der Waals surface area contributed by atoms with Crippen molar-refractivity contribution in [1.82, 2.24) is 0 Å². The van der Waals surface area contributed by atoms with E-state index in [0.717, 1.165) is 0 Å². The fourth-order valence-electron chi connectivity index (χ4n) is 1.48. The molecule has 3 N–H and O–H groups in total. The lowest BCUT2D eigenvalue weighted by atomic mass is 9.97. The van der Waals surface area contributed by atoms with E-state index >= 15 is 0 Å². The summed E-state index contributed by atoms with van der Waals surface area (Å²) < 4.78 is 0. The van der Waals surface area contributed by atoms with Crippen LogP contribution < -0.4 is 0 Å². The molecule has 0 fully saturated rings. The number of rotatable bonds is 4. The number of hydrogen-bond acceptors (Lipinski definition) is 4. The van der Waals surface area contributed by atoms with Crippen molar-refractivity contribution in [2.24, 2.45) is 0 Å². The minimum atomic E-state index is -1.21. The van der Waals surface area contributed by atoms with Gasteiger partial charge in [0.1, 0.15) is 0 Å². The van der Waals surface area contributed by atoms with Gasteiger partial charge in [-0.15, -0.1) is 0 Å². The maximum Gasteiger partial charge on any atom is 0.336 e. The highest BCUT2D eigenvalue weighted by atomic mass is 16.4. The van der Waals surface area contributed by atoms with Crippen LogP contribution in [0.25, 0.3) is 0 Å². The van der Waals surface area contributed by atoms with Crippen LogP contribution in [0.4, 0.5) is 0 Å². The molecule has 0 radical (unpaired) electrons. The second-order valence-electron chi connectivity index (χ2n) is 3.34. The Morgan fingerprint density at radius 3 is 1.94 bits per heavy atom. The van der Waals surface area contributed by atoms with Crippen LogP contribution in [0.1, 0.15) is 38.8 Å². The topological polar surface area (TPSA) is 94.8 Å². The number of hydrogen-bond donors (Lipinski definition) is 3. The summed E-state index contributed by atoms with van der Waals surface area (Å²) in [5, 5.41) is 26.9. The zero-order valence-corrected chi connectivity index (χ0v) is 8.73. The van der Waals surface area contributed by atoms with Gasteiger partial charge in [0.2, 0.25) is 0 Å². The van der Waals surface area contributed by atoms with Crippen molar-refractivity contribution in [3.05, 3.63) is 34.4 Å². The van der Waals surface area contributed by atoms with Crippen LogP contribution in [0.5, 0.6) is 0 Å². The lowest BCUT2D eigenvalue weighted by Crippen LogP contribution is -2.09. The van der Waals surface area contributed by atoms with Crippen molar-refractivity contribution in [1.29, 1.82) is 0 Å². The number of ketones is 1. The van der Waals surface area contributed by atoms with E-state index in [-0.39, 0.29) is 29.1 Å². The highest BCUT2D eigenvalue weighted by Crippen LogP contribution is 2.18. The molecule has 1 aromatic carbocycles. The van der Waals surface area contributed by atoms with Crippen molar-refractivity contribution in [3.8, 4) is 0 Å². The van der Waals surface area contributed by atoms with Gasteiger partial charge in [-0.25, -0.2) is 4.79 Å². The first-order chi connectivity index (χ1) is 7.51. The molecule has 0 aliphatic carbocycles. The van der Waals surface area contributed by atoms with Gasteiger partial charge in [-0.1, -0.05) is 0 Å². The lowest BCUT2D eigenvalue weighted by Gasteiger charge is -2.09. The third kappa shape index (κ3) is 2.26. The van der Waals surface area contributed by atoms with E-state index in [0.29, 0.717) is 5.56 Å². The summed E-state index contributed by atoms with van der Waals surface area (Å²) in [5.74, 6) is -1.54. The SMILES string of the molecule is CC(=O)c1cc(C(=O)O)c(CO)cc1CO. The van der Waals surface area contributed by atoms with E-state index < -0.39 is 12.6 Å². The van der Waals surface area contributed by atoms with E-state index in [1.807, 2.05) is 0 Å². The van der Waals surface area contributed by atoms with Crippen LogP contribution in [0, 0.1) is 0 Å². The molecule has 0 amide bonds. The summed E-state index contributed by atoms with van der Waals surface area (Å²) in [6.45, 7) is 0.466. The molecule has 5 nitrogen and oxygen atoms in total. The fourth-order valence-corrected chi connectivity index (χ4v) is 1.48. The zero-order valence-electron chi connectivity index (χ0n) is 8.73. The van der Waals surface area contributed by atoms with E-state index in [4.69, 9.17) is 15.3 Å². The largest absolute Gasteiger partial charge is 0.478 e. The molecule has 0 aromatic heterocycles. The predicted octanol–water partition coefficient (Wildman–Crippen LogP) is 0.572. The average molecular weight is 224 g/mol. The van der Waals surface area contributed by atoms with Gasteiger partial charge >= 0.3 is 5.97 Å². The predicted molar refractivity (Wildman–Crippen MR) is 55.3 cm³/mol. The number of carboxylic acid groups (broad SMARTS) is 1. The standard InChI is InChI=1S/C11H12O5/c1-6(14)9-3-10(11(15)16)8(5-13)2-7(9)4-12/h2-3,12-13H,4-5H2,1H3,(H,15,16). The first-order valence-electron chi connectivity index (χ1n) is 4.63. The van der Waals surface area contributed by atoms with Crippen molar-refractivity contribution in [3.63, 3.8) is 0 Å². The van der Waals surface area contributed by atoms with Gasteiger partial charge < -0.3 is 15.3 Å². The second kappa shape index (κ2) is 4.87. The molecule has 16 heavy (non-hydrogen) atoms.